The monoisotopic (exact) mass is 468 g/mol. The first-order valence-corrected chi connectivity index (χ1v) is 11.6. The number of amides is 1. The number of anilines is 3. The first-order chi connectivity index (χ1) is 16.7. The highest BCUT2D eigenvalue weighted by Gasteiger charge is 2.46. The lowest BCUT2D eigenvalue weighted by atomic mass is 10.0. The summed E-state index contributed by atoms with van der Waals surface area (Å²) in [7, 11) is 0. The van der Waals surface area contributed by atoms with E-state index in [1.54, 1.807) is 17.2 Å². The molecule has 0 spiro atoms. The summed E-state index contributed by atoms with van der Waals surface area (Å²) in [6.07, 6.45) is 2.93. The van der Waals surface area contributed by atoms with Crippen molar-refractivity contribution in [3.05, 3.63) is 83.6 Å². The maximum absolute atomic E-state index is 12.3. The van der Waals surface area contributed by atoms with Gasteiger partial charge in [-0.2, -0.15) is 0 Å². The standard InChI is InChI=1S/C27H28N6O2/c1-26(2,3)35-25(34)32-27(14-15-27)18-12-10-17(11-13-18)22(28)33-21-9-6-16-30-24(21)31-20-8-5-4-7-19(20)23(33)29/h4-13,16,28-29H,14-15H2,1-3H3,(H,30,31)(H,32,34). The van der Waals surface area contributed by atoms with Crippen LogP contribution in [0.15, 0.2) is 66.9 Å². The Balaban J connectivity index is 1.43. The molecule has 0 radical (unpaired) electrons. The number of hydrogen-bond acceptors (Lipinski definition) is 6. The van der Waals surface area contributed by atoms with Crippen LogP contribution in [0.5, 0.6) is 0 Å². The average Bonchev–Trinajstić information content (AvgIpc) is 3.60. The number of ether oxygens (including phenoxy) is 1. The molecule has 35 heavy (non-hydrogen) atoms. The molecule has 178 valence electrons. The van der Waals surface area contributed by atoms with Gasteiger partial charge in [0.05, 0.1) is 16.9 Å². The van der Waals surface area contributed by atoms with Crippen LogP contribution >= 0.6 is 0 Å². The molecule has 2 aromatic carbocycles. The molecule has 2 heterocycles. The smallest absolute Gasteiger partial charge is 0.408 e. The molecule has 0 bridgehead atoms. The first kappa shape index (κ1) is 22.6. The Hall–Kier alpha value is -4.20. The van der Waals surface area contributed by atoms with Crippen molar-refractivity contribution in [2.45, 2.75) is 44.8 Å². The zero-order chi connectivity index (χ0) is 24.8. The van der Waals surface area contributed by atoms with E-state index in [9.17, 15) is 4.79 Å². The molecule has 8 nitrogen and oxygen atoms in total. The summed E-state index contributed by atoms with van der Waals surface area (Å²) in [5.41, 5.74) is 2.72. The predicted molar refractivity (Wildman–Crippen MR) is 137 cm³/mol. The summed E-state index contributed by atoms with van der Waals surface area (Å²) in [6.45, 7) is 5.53. The summed E-state index contributed by atoms with van der Waals surface area (Å²) >= 11 is 0. The molecule has 2 aliphatic rings. The van der Waals surface area contributed by atoms with Gasteiger partial charge >= 0.3 is 6.09 Å². The fraction of sp³-hybridized carbons (Fsp3) is 0.259. The Morgan fingerprint density at radius 2 is 1.80 bits per heavy atom. The molecule has 1 aliphatic heterocycles. The number of aromatic nitrogens is 1. The molecule has 5 rings (SSSR count). The second kappa shape index (κ2) is 8.23. The molecule has 1 aromatic heterocycles. The summed E-state index contributed by atoms with van der Waals surface area (Å²) in [4.78, 5) is 18.4. The molecule has 8 heteroatoms. The van der Waals surface area contributed by atoms with Crippen molar-refractivity contribution in [3.63, 3.8) is 0 Å². The molecule has 1 aliphatic carbocycles. The van der Waals surface area contributed by atoms with Gasteiger partial charge in [0.25, 0.3) is 0 Å². The number of fused-ring (bicyclic) bond motifs is 2. The van der Waals surface area contributed by atoms with Gasteiger partial charge in [0.15, 0.2) is 5.82 Å². The van der Waals surface area contributed by atoms with Gasteiger partial charge in [0.1, 0.15) is 17.3 Å². The van der Waals surface area contributed by atoms with Gasteiger partial charge in [0.2, 0.25) is 0 Å². The molecule has 0 saturated heterocycles. The van der Waals surface area contributed by atoms with Gasteiger partial charge in [-0.25, -0.2) is 9.78 Å². The van der Waals surface area contributed by atoms with Crippen molar-refractivity contribution in [2.24, 2.45) is 0 Å². The van der Waals surface area contributed by atoms with Crippen molar-refractivity contribution in [2.75, 3.05) is 10.2 Å². The number of benzene rings is 2. The third kappa shape index (κ3) is 4.35. The number of carbonyl (C=O) groups is 1. The summed E-state index contributed by atoms with van der Waals surface area (Å²) in [6, 6.07) is 18.8. The minimum atomic E-state index is -0.560. The Kier molecular flexibility index (Phi) is 5.31. The fourth-order valence-corrected chi connectivity index (χ4v) is 4.26. The number of nitrogens with zero attached hydrogens (tertiary/aromatic N) is 2. The van der Waals surface area contributed by atoms with Crippen LogP contribution in [0, 0.1) is 10.8 Å². The van der Waals surface area contributed by atoms with Gasteiger partial charge < -0.3 is 15.4 Å². The molecule has 1 fully saturated rings. The van der Waals surface area contributed by atoms with Gasteiger partial charge in [-0.05, 0) is 63.4 Å². The van der Waals surface area contributed by atoms with E-state index in [1.807, 2.05) is 75.4 Å². The van der Waals surface area contributed by atoms with E-state index in [1.165, 1.54) is 0 Å². The van der Waals surface area contributed by atoms with Crippen LogP contribution in [-0.4, -0.2) is 28.3 Å². The summed E-state index contributed by atoms with van der Waals surface area (Å²) < 4.78 is 5.44. The number of pyridine rings is 1. The van der Waals surface area contributed by atoms with E-state index >= 15 is 0 Å². The summed E-state index contributed by atoms with van der Waals surface area (Å²) in [5.74, 6) is 0.945. The van der Waals surface area contributed by atoms with Crippen molar-refractivity contribution in [1.29, 1.82) is 10.8 Å². The molecule has 0 unspecified atom stereocenters. The maximum atomic E-state index is 12.3. The molecule has 1 amide bonds. The third-order valence-corrected chi connectivity index (χ3v) is 6.11. The van der Waals surface area contributed by atoms with Crippen LogP contribution < -0.4 is 15.5 Å². The van der Waals surface area contributed by atoms with Crippen LogP contribution in [-0.2, 0) is 10.3 Å². The maximum Gasteiger partial charge on any atom is 0.408 e. The van der Waals surface area contributed by atoms with E-state index in [2.05, 4.69) is 15.6 Å². The van der Waals surface area contributed by atoms with E-state index < -0.39 is 17.2 Å². The molecular weight excluding hydrogens is 440 g/mol. The zero-order valence-corrected chi connectivity index (χ0v) is 20.0. The Labute approximate surface area is 204 Å². The summed E-state index contributed by atoms with van der Waals surface area (Å²) in [5, 5.41) is 24.3. The molecule has 0 atom stereocenters. The average molecular weight is 469 g/mol. The molecule has 4 N–H and O–H groups in total. The number of nitrogens with one attached hydrogen (secondary N) is 4. The van der Waals surface area contributed by atoms with Crippen molar-refractivity contribution < 1.29 is 9.53 Å². The van der Waals surface area contributed by atoms with Crippen molar-refractivity contribution in [3.8, 4) is 0 Å². The second-order valence-electron chi connectivity index (χ2n) is 9.86. The highest BCUT2D eigenvalue weighted by atomic mass is 16.6. The minimum Gasteiger partial charge on any atom is -0.444 e. The lowest BCUT2D eigenvalue weighted by Crippen LogP contribution is -2.39. The minimum absolute atomic E-state index is 0.166. The highest BCUT2D eigenvalue weighted by Crippen LogP contribution is 2.46. The predicted octanol–water partition coefficient (Wildman–Crippen LogP) is 5.51. The number of carbonyl (C=O) groups excluding carboxylic acids is 1. The van der Waals surface area contributed by atoms with Crippen LogP contribution in [0.4, 0.5) is 22.0 Å². The third-order valence-electron chi connectivity index (χ3n) is 6.11. The number of hydrogen-bond donors (Lipinski definition) is 4. The van der Waals surface area contributed by atoms with Gasteiger partial charge in [-0.15, -0.1) is 0 Å². The highest BCUT2D eigenvalue weighted by molar-refractivity contribution is 6.30. The quantitative estimate of drug-likeness (QED) is 0.299. The van der Waals surface area contributed by atoms with Gasteiger partial charge in [-0.1, -0.05) is 36.4 Å². The Morgan fingerprint density at radius 1 is 1.09 bits per heavy atom. The number of alkyl carbamates (subject to hydrolysis) is 1. The molecule has 1 saturated carbocycles. The molecular formula is C27H28N6O2. The van der Waals surface area contributed by atoms with Crippen LogP contribution in [0.25, 0.3) is 0 Å². The normalized spacial score (nSPS) is 15.7. The Morgan fingerprint density at radius 3 is 2.49 bits per heavy atom. The Bertz CT molecular complexity index is 1320. The van der Waals surface area contributed by atoms with Crippen LogP contribution in [0.1, 0.15) is 50.3 Å². The van der Waals surface area contributed by atoms with Gasteiger partial charge in [0, 0.05) is 17.3 Å². The van der Waals surface area contributed by atoms with Crippen LogP contribution in [0.3, 0.4) is 0 Å². The largest absolute Gasteiger partial charge is 0.444 e. The SMILES string of the molecule is CC(C)(C)OC(=O)NC1(c2ccc(C(=N)N3C(=N)c4ccccc4Nc4ncccc43)cc2)CC1. The van der Waals surface area contributed by atoms with E-state index in [0.717, 1.165) is 24.1 Å². The van der Waals surface area contributed by atoms with E-state index in [0.29, 0.717) is 22.6 Å². The zero-order valence-electron chi connectivity index (χ0n) is 20.0. The van der Waals surface area contributed by atoms with Crippen LogP contribution in [0.2, 0.25) is 0 Å². The number of para-hydroxylation sites is 1. The lowest BCUT2D eigenvalue weighted by molar-refractivity contribution is 0.0495. The topological polar surface area (TPSA) is 114 Å². The first-order valence-electron chi connectivity index (χ1n) is 11.6. The van der Waals surface area contributed by atoms with E-state index in [4.69, 9.17) is 15.6 Å². The number of rotatable bonds is 3. The van der Waals surface area contributed by atoms with Crippen molar-refractivity contribution >= 4 is 35.0 Å². The lowest BCUT2D eigenvalue weighted by Gasteiger charge is -2.26. The van der Waals surface area contributed by atoms with Crippen molar-refractivity contribution in [1.82, 2.24) is 10.3 Å². The second-order valence-corrected chi connectivity index (χ2v) is 9.86. The molecule has 3 aromatic rings. The fourth-order valence-electron chi connectivity index (χ4n) is 4.26. The van der Waals surface area contributed by atoms with E-state index in [-0.39, 0.29) is 11.7 Å². The number of amidine groups is 2. The van der Waals surface area contributed by atoms with Gasteiger partial charge in [-0.3, -0.25) is 15.7 Å².